The van der Waals surface area contributed by atoms with E-state index in [9.17, 15) is 9.90 Å². The van der Waals surface area contributed by atoms with Crippen molar-refractivity contribution in [3.63, 3.8) is 0 Å². The van der Waals surface area contributed by atoms with Crippen LogP contribution in [0.3, 0.4) is 0 Å². The third kappa shape index (κ3) is 2.82. The molecule has 98 valence electrons. The quantitative estimate of drug-likeness (QED) is 0.762. The van der Waals surface area contributed by atoms with Crippen LogP contribution < -0.4 is 5.73 Å². The molecule has 1 aliphatic carbocycles. The van der Waals surface area contributed by atoms with E-state index in [-0.39, 0.29) is 0 Å². The number of carbonyl (C=O) groups is 1. The van der Waals surface area contributed by atoms with E-state index in [0.717, 1.165) is 24.0 Å². The third-order valence-electron chi connectivity index (χ3n) is 3.66. The second kappa shape index (κ2) is 5.40. The van der Waals surface area contributed by atoms with Gasteiger partial charge < -0.3 is 15.9 Å². The molecule has 1 saturated carbocycles. The molecule has 0 spiro atoms. The Balaban J connectivity index is 2.17. The van der Waals surface area contributed by atoms with Crippen molar-refractivity contribution in [3.8, 4) is 5.75 Å². The van der Waals surface area contributed by atoms with Crippen molar-refractivity contribution in [2.75, 3.05) is 0 Å². The molecule has 2 rings (SSSR count). The van der Waals surface area contributed by atoms with Gasteiger partial charge in [0.15, 0.2) is 0 Å². The number of aromatic hydroxyl groups is 1. The number of benzene rings is 1. The number of nitrogens with two attached hydrogens (primary N) is 1. The van der Waals surface area contributed by atoms with Gasteiger partial charge in [0.1, 0.15) is 11.8 Å². The van der Waals surface area contributed by atoms with E-state index in [4.69, 9.17) is 10.8 Å². The van der Waals surface area contributed by atoms with E-state index >= 15 is 0 Å². The highest BCUT2D eigenvalue weighted by Gasteiger charge is 2.21. The van der Waals surface area contributed by atoms with Gasteiger partial charge in [-0.25, -0.2) is 0 Å². The van der Waals surface area contributed by atoms with Gasteiger partial charge in [0, 0.05) is 0 Å². The molecule has 4 nitrogen and oxygen atoms in total. The van der Waals surface area contributed by atoms with Gasteiger partial charge in [-0.3, -0.25) is 4.79 Å². The smallest absolute Gasteiger partial charge is 0.320 e. The van der Waals surface area contributed by atoms with E-state index in [1.54, 1.807) is 12.1 Å². The second-order valence-corrected chi connectivity index (χ2v) is 5.02. The molecule has 1 aromatic carbocycles. The van der Waals surface area contributed by atoms with Gasteiger partial charge in [-0.05, 0) is 42.4 Å². The summed E-state index contributed by atoms with van der Waals surface area (Å²) in [4.78, 5) is 10.7. The van der Waals surface area contributed by atoms with Crippen molar-refractivity contribution in [3.05, 3.63) is 29.3 Å². The van der Waals surface area contributed by atoms with Crippen LogP contribution in [-0.2, 0) is 11.2 Å². The van der Waals surface area contributed by atoms with E-state index in [0.29, 0.717) is 18.1 Å². The summed E-state index contributed by atoms with van der Waals surface area (Å²) in [6, 6.07) is 4.42. The number of hydrogen-bond acceptors (Lipinski definition) is 3. The Morgan fingerprint density at radius 3 is 2.67 bits per heavy atom. The molecule has 1 aliphatic rings. The molecule has 0 radical (unpaired) electrons. The fraction of sp³-hybridized carbons (Fsp3) is 0.500. The zero-order valence-corrected chi connectivity index (χ0v) is 10.3. The lowest BCUT2D eigenvalue weighted by Gasteiger charge is -2.14. The van der Waals surface area contributed by atoms with E-state index in [1.165, 1.54) is 12.8 Å². The standard InChI is InChI=1S/C14H19NO3/c15-12(14(17)18)8-9-5-6-13(16)11(7-9)10-3-1-2-4-10/h5-7,10,12,16H,1-4,8,15H2,(H,17,18)/t12-/m0/s1. The molecule has 1 atom stereocenters. The van der Waals surface area contributed by atoms with Crippen LogP contribution in [0, 0.1) is 0 Å². The summed E-state index contributed by atoms with van der Waals surface area (Å²) in [5, 5.41) is 18.7. The first-order valence-corrected chi connectivity index (χ1v) is 6.38. The monoisotopic (exact) mass is 249 g/mol. The number of hydrogen-bond donors (Lipinski definition) is 3. The van der Waals surface area contributed by atoms with Crippen LogP contribution in [0.25, 0.3) is 0 Å². The molecule has 0 amide bonds. The zero-order chi connectivity index (χ0) is 13.1. The summed E-state index contributed by atoms with van der Waals surface area (Å²) in [6.45, 7) is 0. The topological polar surface area (TPSA) is 83.5 Å². The van der Waals surface area contributed by atoms with Crippen molar-refractivity contribution in [1.82, 2.24) is 0 Å². The molecule has 4 N–H and O–H groups in total. The maximum Gasteiger partial charge on any atom is 0.320 e. The van der Waals surface area contributed by atoms with Crippen molar-refractivity contribution in [1.29, 1.82) is 0 Å². The highest BCUT2D eigenvalue weighted by atomic mass is 16.4. The number of phenolic OH excluding ortho intramolecular Hbond substituents is 1. The minimum atomic E-state index is -0.995. The Morgan fingerprint density at radius 2 is 2.06 bits per heavy atom. The van der Waals surface area contributed by atoms with E-state index in [1.807, 2.05) is 6.07 Å². The molecule has 0 saturated heterocycles. The molecule has 4 heteroatoms. The summed E-state index contributed by atoms with van der Waals surface area (Å²) in [5.74, 6) is -0.272. The molecule has 0 heterocycles. The van der Waals surface area contributed by atoms with Crippen LogP contribution in [0.15, 0.2) is 18.2 Å². The predicted molar refractivity (Wildman–Crippen MR) is 68.6 cm³/mol. The summed E-state index contributed by atoms with van der Waals surface area (Å²) in [6.07, 6.45) is 4.89. The van der Waals surface area contributed by atoms with Crippen LogP contribution >= 0.6 is 0 Å². The molecule has 0 unspecified atom stereocenters. The van der Waals surface area contributed by atoms with Gasteiger partial charge in [-0.1, -0.05) is 25.0 Å². The van der Waals surface area contributed by atoms with Crippen molar-refractivity contribution >= 4 is 5.97 Å². The summed E-state index contributed by atoms with van der Waals surface area (Å²) >= 11 is 0. The number of carboxylic acid groups (broad SMARTS) is 1. The van der Waals surface area contributed by atoms with Crippen molar-refractivity contribution in [2.24, 2.45) is 5.73 Å². The zero-order valence-electron chi connectivity index (χ0n) is 10.3. The Labute approximate surface area is 106 Å². The van der Waals surface area contributed by atoms with Crippen molar-refractivity contribution in [2.45, 2.75) is 44.1 Å². The highest BCUT2D eigenvalue weighted by molar-refractivity contribution is 5.73. The Bertz CT molecular complexity index is 439. The molecule has 1 fully saturated rings. The summed E-state index contributed by atoms with van der Waals surface area (Å²) in [7, 11) is 0. The number of carboxylic acids is 1. The average Bonchev–Trinajstić information content (AvgIpc) is 2.85. The van der Waals surface area contributed by atoms with Gasteiger partial charge >= 0.3 is 5.97 Å². The Hall–Kier alpha value is -1.55. The van der Waals surface area contributed by atoms with Gasteiger partial charge in [0.25, 0.3) is 0 Å². The Kier molecular flexibility index (Phi) is 3.87. The third-order valence-corrected chi connectivity index (χ3v) is 3.66. The minimum Gasteiger partial charge on any atom is -0.508 e. The summed E-state index contributed by atoms with van der Waals surface area (Å²) < 4.78 is 0. The normalized spacial score (nSPS) is 17.8. The first kappa shape index (κ1) is 12.9. The van der Waals surface area contributed by atoms with Crippen LogP contribution in [0.2, 0.25) is 0 Å². The van der Waals surface area contributed by atoms with Crippen LogP contribution in [0.5, 0.6) is 5.75 Å². The lowest BCUT2D eigenvalue weighted by Crippen LogP contribution is -2.32. The van der Waals surface area contributed by atoms with E-state index in [2.05, 4.69) is 0 Å². The minimum absolute atomic E-state index is 0.301. The fourth-order valence-electron chi connectivity index (χ4n) is 2.64. The van der Waals surface area contributed by atoms with E-state index < -0.39 is 12.0 Å². The lowest BCUT2D eigenvalue weighted by molar-refractivity contribution is -0.138. The molecule has 18 heavy (non-hydrogen) atoms. The lowest BCUT2D eigenvalue weighted by atomic mass is 9.93. The molecule has 0 bridgehead atoms. The summed E-state index contributed by atoms with van der Waals surface area (Å²) in [5.41, 5.74) is 7.35. The molecular weight excluding hydrogens is 230 g/mol. The highest BCUT2D eigenvalue weighted by Crippen LogP contribution is 2.38. The molecular formula is C14H19NO3. The molecule has 0 aliphatic heterocycles. The first-order valence-electron chi connectivity index (χ1n) is 6.38. The van der Waals surface area contributed by atoms with Gasteiger partial charge in [0.2, 0.25) is 0 Å². The van der Waals surface area contributed by atoms with Crippen LogP contribution in [-0.4, -0.2) is 22.2 Å². The first-order chi connectivity index (χ1) is 8.58. The van der Waals surface area contributed by atoms with Gasteiger partial charge in [-0.2, -0.15) is 0 Å². The number of aliphatic carboxylic acids is 1. The molecule has 0 aromatic heterocycles. The van der Waals surface area contributed by atoms with Gasteiger partial charge in [-0.15, -0.1) is 0 Å². The number of rotatable bonds is 4. The van der Waals surface area contributed by atoms with Crippen LogP contribution in [0.4, 0.5) is 0 Å². The number of phenols is 1. The SMILES string of the molecule is N[C@@H](Cc1ccc(O)c(C2CCCC2)c1)C(=O)O. The average molecular weight is 249 g/mol. The fourth-order valence-corrected chi connectivity index (χ4v) is 2.64. The Morgan fingerprint density at radius 1 is 1.39 bits per heavy atom. The maximum atomic E-state index is 10.7. The largest absolute Gasteiger partial charge is 0.508 e. The predicted octanol–water partition coefficient (Wildman–Crippen LogP) is 2.00. The van der Waals surface area contributed by atoms with Crippen molar-refractivity contribution < 1.29 is 15.0 Å². The molecule has 1 aromatic rings. The van der Waals surface area contributed by atoms with Gasteiger partial charge in [0.05, 0.1) is 0 Å². The second-order valence-electron chi connectivity index (χ2n) is 5.02. The van der Waals surface area contributed by atoms with Crippen LogP contribution in [0.1, 0.15) is 42.7 Å². The maximum absolute atomic E-state index is 10.7.